The van der Waals surface area contributed by atoms with E-state index in [-0.39, 0.29) is 15.6 Å². The summed E-state index contributed by atoms with van der Waals surface area (Å²) in [5, 5.41) is 4.57. The van der Waals surface area contributed by atoms with Crippen molar-refractivity contribution in [3.8, 4) is 0 Å². The third kappa shape index (κ3) is 2.86. The minimum atomic E-state index is -3.74. The first kappa shape index (κ1) is 14.2. The van der Waals surface area contributed by atoms with E-state index >= 15 is 0 Å². The number of aryl methyl sites for hydroxylation is 1. The van der Waals surface area contributed by atoms with Gasteiger partial charge in [0.1, 0.15) is 4.90 Å². The zero-order chi connectivity index (χ0) is 14.2. The summed E-state index contributed by atoms with van der Waals surface area (Å²) in [6, 6.07) is 4.56. The molecule has 0 atom stereocenters. The Labute approximate surface area is 121 Å². The fraction of sp³-hybridized carbons (Fsp3) is 0.182. The lowest BCUT2D eigenvalue weighted by molar-refractivity contribution is 0.600. The second-order valence-corrected chi connectivity index (χ2v) is 6.44. The molecule has 0 saturated carbocycles. The number of hydrogen-bond acceptors (Lipinski definition) is 3. The molecule has 0 aliphatic carbocycles. The van der Waals surface area contributed by atoms with E-state index in [1.807, 2.05) is 0 Å². The fourth-order valence-corrected chi connectivity index (χ4v) is 3.19. The molecule has 1 aromatic heterocycles. The molecule has 0 saturated heterocycles. The summed E-state index contributed by atoms with van der Waals surface area (Å²) >= 11 is 11.7. The van der Waals surface area contributed by atoms with Gasteiger partial charge in [-0.25, -0.2) is 8.42 Å². The van der Waals surface area contributed by atoms with Crippen LogP contribution in [-0.2, 0) is 17.1 Å². The van der Waals surface area contributed by atoms with Crippen molar-refractivity contribution in [3.05, 3.63) is 40.1 Å². The van der Waals surface area contributed by atoms with Crippen LogP contribution in [0.15, 0.2) is 29.3 Å². The van der Waals surface area contributed by atoms with Crippen LogP contribution in [0.3, 0.4) is 0 Å². The molecule has 2 rings (SSSR count). The Bertz CT molecular complexity index is 726. The average Bonchev–Trinajstić information content (AvgIpc) is 2.65. The predicted octanol–water partition coefficient (Wildman–Crippen LogP) is 2.84. The molecule has 0 unspecified atom stereocenters. The van der Waals surface area contributed by atoms with Gasteiger partial charge in [0.15, 0.2) is 0 Å². The monoisotopic (exact) mass is 319 g/mol. The Morgan fingerprint density at radius 1 is 1.32 bits per heavy atom. The molecular formula is C11H11Cl2N3O2S. The zero-order valence-electron chi connectivity index (χ0n) is 10.2. The van der Waals surface area contributed by atoms with Gasteiger partial charge in [0.25, 0.3) is 10.0 Å². The summed E-state index contributed by atoms with van der Waals surface area (Å²) in [4.78, 5) is 0.103. The lowest BCUT2D eigenvalue weighted by atomic mass is 10.3. The maximum atomic E-state index is 12.2. The smallest absolute Gasteiger partial charge is 0.265 e. The second kappa shape index (κ2) is 5.03. The first-order valence-corrected chi connectivity index (χ1v) is 7.51. The molecular weight excluding hydrogens is 309 g/mol. The summed E-state index contributed by atoms with van der Waals surface area (Å²) in [5.74, 6) is 0. The molecule has 0 aliphatic rings. The number of aromatic nitrogens is 2. The van der Waals surface area contributed by atoms with Gasteiger partial charge in [0.05, 0.1) is 22.6 Å². The van der Waals surface area contributed by atoms with Gasteiger partial charge < -0.3 is 0 Å². The van der Waals surface area contributed by atoms with Crippen LogP contribution in [0, 0.1) is 6.92 Å². The number of nitrogens with one attached hydrogen (secondary N) is 1. The summed E-state index contributed by atoms with van der Waals surface area (Å²) in [6.45, 7) is 1.67. The largest absolute Gasteiger partial charge is 0.278 e. The van der Waals surface area contributed by atoms with Crippen LogP contribution in [0.4, 0.5) is 5.69 Å². The van der Waals surface area contributed by atoms with Crippen LogP contribution in [0.25, 0.3) is 0 Å². The van der Waals surface area contributed by atoms with Gasteiger partial charge in [0, 0.05) is 12.1 Å². The summed E-state index contributed by atoms with van der Waals surface area (Å²) in [5.41, 5.74) is 0.767. The molecule has 0 radical (unpaired) electrons. The topological polar surface area (TPSA) is 64.0 Å². The van der Waals surface area contributed by atoms with Crippen molar-refractivity contribution in [2.75, 3.05) is 4.72 Å². The van der Waals surface area contributed by atoms with E-state index in [2.05, 4.69) is 9.82 Å². The highest BCUT2D eigenvalue weighted by Gasteiger charge is 2.21. The standard InChI is InChI=1S/C11H11Cl2N3O2S/c1-7-11(6-14-16(7)2)19(17,18)15-10-5-8(12)3-4-9(10)13/h3-6,15H,1-2H3. The quantitative estimate of drug-likeness (QED) is 0.946. The Hall–Kier alpha value is -1.24. The fourth-order valence-electron chi connectivity index (χ4n) is 1.52. The van der Waals surface area contributed by atoms with E-state index in [1.54, 1.807) is 20.0 Å². The molecule has 0 spiro atoms. The molecule has 0 bridgehead atoms. The first-order valence-electron chi connectivity index (χ1n) is 5.28. The van der Waals surface area contributed by atoms with E-state index in [0.717, 1.165) is 0 Å². The molecule has 1 N–H and O–H groups in total. The summed E-state index contributed by atoms with van der Waals surface area (Å²) in [6.07, 6.45) is 1.29. The maximum Gasteiger partial charge on any atom is 0.265 e. The van der Waals surface area contributed by atoms with Crippen LogP contribution in [-0.4, -0.2) is 18.2 Å². The highest BCUT2D eigenvalue weighted by atomic mass is 35.5. The predicted molar refractivity (Wildman–Crippen MR) is 75.2 cm³/mol. The van der Waals surface area contributed by atoms with Crippen LogP contribution >= 0.6 is 23.2 Å². The number of hydrogen-bond donors (Lipinski definition) is 1. The molecule has 0 fully saturated rings. The molecule has 19 heavy (non-hydrogen) atoms. The van der Waals surface area contributed by atoms with Gasteiger partial charge in [-0.2, -0.15) is 5.10 Å². The molecule has 1 heterocycles. The molecule has 102 valence electrons. The van der Waals surface area contributed by atoms with Gasteiger partial charge in [-0.3, -0.25) is 9.40 Å². The minimum Gasteiger partial charge on any atom is -0.278 e. The van der Waals surface area contributed by atoms with Crippen molar-refractivity contribution in [1.29, 1.82) is 0 Å². The SMILES string of the molecule is Cc1c(S(=O)(=O)Nc2cc(Cl)ccc2Cl)cnn1C. The van der Waals surface area contributed by atoms with Crippen molar-refractivity contribution in [2.45, 2.75) is 11.8 Å². The minimum absolute atomic E-state index is 0.103. The summed E-state index contributed by atoms with van der Waals surface area (Å²) < 4.78 is 28.3. The van der Waals surface area contributed by atoms with Crippen molar-refractivity contribution in [3.63, 3.8) is 0 Å². The molecule has 1 aromatic carbocycles. The maximum absolute atomic E-state index is 12.2. The number of nitrogens with zero attached hydrogens (tertiary/aromatic N) is 2. The number of rotatable bonds is 3. The van der Waals surface area contributed by atoms with Gasteiger partial charge in [-0.05, 0) is 25.1 Å². The second-order valence-electron chi connectivity index (χ2n) is 3.95. The van der Waals surface area contributed by atoms with E-state index in [9.17, 15) is 8.42 Å². The molecule has 0 amide bonds. The van der Waals surface area contributed by atoms with Crippen molar-refractivity contribution in [2.24, 2.45) is 7.05 Å². The Morgan fingerprint density at radius 2 is 2.00 bits per heavy atom. The number of halogens is 2. The molecule has 2 aromatic rings. The Balaban J connectivity index is 2.42. The third-order valence-electron chi connectivity index (χ3n) is 2.65. The van der Waals surface area contributed by atoms with E-state index in [0.29, 0.717) is 10.7 Å². The highest BCUT2D eigenvalue weighted by Crippen LogP contribution is 2.28. The summed E-state index contributed by atoms with van der Waals surface area (Å²) in [7, 11) is -2.07. The Kier molecular flexibility index (Phi) is 3.75. The number of anilines is 1. The van der Waals surface area contributed by atoms with Crippen molar-refractivity contribution >= 4 is 38.9 Å². The van der Waals surface area contributed by atoms with Gasteiger partial charge in [-0.1, -0.05) is 23.2 Å². The molecule has 0 aliphatic heterocycles. The van der Waals surface area contributed by atoms with Crippen LogP contribution in [0.1, 0.15) is 5.69 Å². The zero-order valence-corrected chi connectivity index (χ0v) is 12.5. The van der Waals surface area contributed by atoms with E-state index < -0.39 is 10.0 Å². The average molecular weight is 320 g/mol. The number of benzene rings is 1. The normalized spacial score (nSPS) is 11.6. The van der Waals surface area contributed by atoms with Gasteiger partial charge in [-0.15, -0.1) is 0 Å². The lowest BCUT2D eigenvalue weighted by Crippen LogP contribution is -2.14. The highest BCUT2D eigenvalue weighted by molar-refractivity contribution is 7.92. The number of sulfonamides is 1. The van der Waals surface area contributed by atoms with Gasteiger partial charge in [0.2, 0.25) is 0 Å². The van der Waals surface area contributed by atoms with E-state index in [1.165, 1.54) is 23.0 Å². The molecule has 8 heteroatoms. The first-order chi connectivity index (χ1) is 8.81. The van der Waals surface area contributed by atoms with Crippen molar-refractivity contribution in [1.82, 2.24) is 9.78 Å². The third-order valence-corrected chi connectivity index (χ3v) is 4.69. The van der Waals surface area contributed by atoms with E-state index in [4.69, 9.17) is 23.2 Å². The van der Waals surface area contributed by atoms with Crippen LogP contribution in [0.2, 0.25) is 10.0 Å². The van der Waals surface area contributed by atoms with Gasteiger partial charge >= 0.3 is 0 Å². The van der Waals surface area contributed by atoms with Crippen LogP contribution < -0.4 is 4.72 Å². The Morgan fingerprint density at radius 3 is 2.58 bits per heavy atom. The van der Waals surface area contributed by atoms with Crippen LogP contribution in [0.5, 0.6) is 0 Å². The van der Waals surface area contributed by atoms with Crippen molar-refractivity contribution < 1.29 is 8.42 Å². The molecule has 5 nitrogen and oxygen atoms in total. The lowest BCUT2D eigenvalue weighted by Gasteiger charge is -2.09.